The van der Waals surface area contributed by atoms with E-state index >= 15 is 0 Å². The molecule has 134 valence electrons. The molecule has 4 rings (SSSR count). The summed E-state index contributed by atoms with van der Waals surface area (Å²) < 4.78 is 5.88. The van der Waals surface area contributed by atoms with Crippen LogP contribution in [0.4, 0.5) is 0 Å². The molecule has 3 nitrogen and oxygen atoms in total. The van der Waals surface area contributed by atoms with Gasteiger partial charge < -0.3 is 4.42 Å². The Hall–Kier alpha value is -2.27. The van der Waals surface area contributed by atoms with E-state index in [1.807, 2.05) is 36.4 Å². The summed E-state index contributed by atoms with van der Waals surface area (Å²) in [4.78, 5) is 0. The summed E-state index contributed by atoms with van der Waals surface area (Å²) in [5.41, 5.74) is 2.99. The third kappa shape index (κ3) is 4.19. The predicted molar refractivity (Wildman–Crippen MR) is 110 cm³/mol. The average molecular weight is 413 g/mol. The molecule has 27 heavy (non-hydrogen) atoms. The Morgan fingerprint density at radius 3 is 2.00 bits per heavy atom. The molecule has 0 radical (unpaired) electrons. The van der Waals surface area contributed by atoms with Crippen LogP contribution in [0.3, 0.4) is 0 Å². The first-order valence-corrected chi connectivity index (χ1v) is 9.90. The first-order chi connectivity index (χ1) is 13.2. The van der Waals surface area contributed by atoms with Crippen molar-refractivity contribution in [1.82, 2.24) is 10.2 Å². The highest BCUT2D eigenvalue weighted by molar-refractivity contribution is 7.99. The molecular weight excluding hydrogens is 399 g/mol. The first-order valence-electron chi connectivity index (χ1n) is 8.26. The fourth-order valence-corrected chi connectivity index (χ4v) is 4.21. The van der Waals surface area contributed by atoms with Crippen LogP contribution in [0.25, 0.3) is 11.5 Å². The molecular formula is C21H14Cl2N2OS. The molecule has 3 aromatic carbocycles. The van der Waals surface area contributed by atoms with Crippen molar-refractivity contribution in [2.45, 2.75) is 10.5 Å². The first kappa shape index (κ1) is 18.1. The summed E-state index contributed by atoms with van der Waals surface area (Å²) in [6.07, 6.45) is 0. The third-order valence-electron chi connectivity index (χ3n) is 3.99. The third-order valence-corrected chi connectivity index (χ3v) is 5.69. The Morgan fingerprint density at radius 2 is 1.41 bits per heavy atom. The molecule has 0 unspecified atom stereocenters. The molecule has 0 spiro atoms. The van der Waals surface area contributed by atoms with Gasteiger partial charge in [-0.1, -0.05) is 95.6 Å². The second-order valence-corrected chi connectivity index (χ2v) is 7.72. The minimum atomic E-state index is 0.0430. The highest BCUT2D eigenvalue weighted by Crippen LogP contribution is 2.41. The zero-order valence-electron chi connectivity index (χ0n) is 14.0. The van der Waals surface area contributed by atoms with Gasteiger partial charge in [0.1, 0.15) is 0 Å². The van der Waals surface area contributed by atoms with Crippen LogP contribution in [0.2, 0.25) is 10.0 Å². The number of thioether (sulfide) groups is 1. The van der Waals surface area contributed by atoms with Gasteiger partial charge in [0.05, 0.1) is 15.8 Å². The lowest BCUT2D eigenvalue weighted by Gasteiger charge is -2.15. The lowest BCUT2D eigenvalue weighted by molar-refractivity contribution is 0.465. The molecule has 0 saturated heterocycles. The lowest BCUT2D eigenvalue weighted by Crippen LogP contribution is -1.96. The van der Waals surface area contributed by atoms with Crippen molar-refractivity contribution in [3.8, 4) is 11.5 Å². The van der Waals surface area contributed by atoms with E-state index in [9.17, 15) is 0 Å². The van der Waals surface area contributed by atoms with Crippen molar-refractivity contribution >= 4 is 35.0 Å². The molecule has 0 saturated carbocycles. The van der Waals surface area contributed by atoms with Gasteiger partial charge in [0.2, 0.25) is 5.89 Å². The lowest BCUT2D eigenvalue weighted by atomic mass is 10.0. The molecule has 4 aromatic rings. The molecule has 0 atom stereocenters. The Balaban J connectivity index is 1.66. The standard InChI is InChI=1S/C21H14Cl2N2OS/c22-16-11-12-17(18(23)13-16)20-24-25-21(26-20)27-19(14-7-3-1-4-8-14)15-9-5-2-6-10-15/h1-13,19H. The summed E-state index contributed by atoms with van der Waals surface area (Å²) in [5, 5.41) is 9.92. The SMILES string of the molecule is Clc1ccc(-c2nnc(SC(c3ccccc3)c3ccccc3)o2)c(Cl)c1. The summed E-state index contributed by atoms with van der Waals surface area (Å²) in [7, 11) is 0. The normalized spacial score (nSPS) is 11.1. The average Bonchev–Trinajstić information content (AvgIpc) is 3.16. The maximum absolute atomic E-state index is 6.25. The summed E-state index contributed by atoms with van der Waals surface area (Å²) >= 11 is 13.7. The van der Waals surface area contributed by atoms with E-state index in [0.29, 0.717) is 26.7 Å². The second kappa shape index (κ2) is 8.17. The van der Waals surface area contributed by atoms with Gasteiger partial charge in [0.25, 0.3) is 5.22 Å². The van der Waals surface area contributed by atoms with Crippen molar-refractivity contribution in [2.75, 3.05) is 0 Å². The van der Waals surface area contributed by atoms with E-state index in [4.69, 9.17) is 27.6 Å². The highest BCUT2D eigenvalue weighted by atomic mass is 35.5. The Morgan fingerprint density at radius 1 is 0.778 bits per heavy atom. The fraction of sp³-hybridized carbons (Fsp3) is 0.0476. The Bertz CT molecular complexity index is 999. The summed E-state index contributed by atoms with van der Waals surface area (Å²) in [5.74, 6) is 0.374. The van der Waals surface area contributed by atoms with Gasteiger partial charge >= 0.3 is 0 Å². The molecule has 0 aliphatic carbocycles. The fourth-order valence-electron chi connectivity index (χ4n) is 2.71. The van der Waals surface area contributed by atoms with Crippen LogP contribution in [0.1, 0.15) is 16.4 Å². The smallest absolute Gasteiger partial charge is 0.277 e. The molecule has 0 aliphatic rings. The quantitative estimate of drug-likeness (QED) is 0.333. The Labute approximate surface area is 171 Å². The van der Waals surface area contributed by atoms with E-state index in [0.717, 1.165) is 11.1 Å². The molecule has 0 bridgehead atoms. The number of halogens is 2. The van der Waals surface area contributed by atoms with Crippen molar-refractivity contribution in [3.05, 3.63) is 100 Å². The summed E-state index contributed by atoms with van der Waals surface area (Å²) in [6, 6.07) is 25.7. The number of hydrogen-bond acceptors (Lipinski definition) is 4. The number of aromatic nitrogens is 2. The largest absolute Gasteiger partial charge is 0.411 e. The van der Waals surface area contributed by atoms with Crippen LogP contribution in [0.5, 0.6) is 0 Å². The Kier molecular flexibility index (Phi) is 5.48. The zero-order chi connectivity index (χ0) is 18.6. The molecule has 1 aromatic heterocycles. The van der Waals surface area contributed by atoms with Crippen LogP contribution < -0.4 is 0 Å². The van der Waals surface area contributed by atoms with Gasteiger partial charge in [0.15, 0.2) is 0 Å². The predicted octanol–water partition coefficient (Wildman–Crippen LogP) is 6.93. The van der Waals surface area contributed by atoms with Gasteiger partial charge in [-0.3, -0.25) is 0 Å². The van der Waals surface area contributed by atoms with E-state index < -0.39 is 0 Å². The maximum atomic E-state index is 6.25. The van der Waals surface area contributed by atoms with Gasteiger partial charge in [0, 0.05) is 5.02 Å². The number of nitrogens with zero attached hydrogens (tertiary/aromatic N) is 2. The van der Waals surface area contributed by atoms with E-state index in [1.54, 1.807) is 18.2 Å². The topological polar surface area (TPSA) is 38.9 Å². The zero-order valence-corrected chi connectivity index (χ0v) is 16.4. The monoisotopic (exact) mass is 412 g/mol. The van der Waals surface area contributed by atoms with Crippen molar-refractivity contribution in [2.24, 2.45) is 0 Å². The van der Waals surface area contributed by atoms with Crippen molar-refractivity contribution in [1.29, 1.82) is 0 Å². The second-order valence-electron chi connectivity index (χ2n) is 5.82. The van der Waals surface area contributed by atoms with Gasteiger partial charge in [-0.25, -0.2) is 0 Å². The van der Waals surface area contributed by atoms with Gasteiger partial charge in [-0.05, 0) is 29.3 Å². The van der Waals surface area contributed by atoms with Crippen LogP contribution in [-0.2, 0) is 0 Å². The molecule has 0 aliphatic heterocycles. The van der Waals surface area contributed by atoms with Crippen LogP contribution in [-0.4, -0.2) is 10.2 Å². The molecule has 0 fully saturated rings. The highest BCUT2D eigenvalue weighted by Gasteiger charge is 2.20. The summed E-state index contributed by atoms with van der Waals surface area (Å²) in [6.45, 7) is 0. The van der Waals surface area contributed by atoms with Crippen LogP contribution >= 0.6 is 35.0 Å². The number of hydrogen-bond donors (Lipinski definition) is 0. The molecule has 0 N–H and O–H groups in total. The number of benzene rings is 3. The van der Waals surface area contributed by atoms with Crippen molar-refractivity contribution < 1.29 is 4.42 Å². The van der Waals surface area contributed by atoms with Gasteiger partial charge in [-0.2, -0.15) is 0 Å². The van der Waals surface area contributed by atoms with Crippen molar-refractivity contribution in [3.63, 3.8) is 0 Å². The van der Waals surface area contributed by atoms with Gasteiger partial charge in [-0.15, -0.1) is 10.2 Å². The minimum absolute atomic E-state index is 0.0430. The van der Waals surface area contributed by atoms with E-state index in [-0.39, 0.29) is 5.25 Å². The molecule has 0 amide bonds. The molecule has 1 heterocycles. The van der Waals surface area contributed by atoms with E-state index in [2.05, 4.69) is 34.5 Å². The number of rotatable bonds is 5. The van der Waals surface area contributed by atoms with Crippen LogP contribution in [0, 0.1) is 0 Å². The van der Waals surface area contributed by atoms with E-state index in [1.165, 1.54) is 11.8 Å². The molecule has 6 heteroatoms. The minimum Gasteiger partial charge on any atom is -0.411 e. The van der Waals surface area contributed by atoms with Crippen LogP contribution in [0.15, 0.2) is 88.5 Å². The maximum Gasteiger partial charge on any atom is 0.277 e.